The van der Waals surface area contributed by atoms with Gasteiger partial charge in [0.25, 0.3) is 0 Å². The van der Waals surface area contributed by atoms with E-state index in [0.29, 0.717) is 19.3 Å². The van der Waals surface area contributed by atoms with Crippen molar-refractivity contribution in [1.29, 1.82) is 0 Å². The maximum Gasteiger partial charge on any atom is 0.351 e. The lowest BCUT2D eigenvalue weighted by Crippen LogP contribution is -2.71. The van der Waals surface area contributed by atoms with Gasteiger partial charge in [-0.2, -0.15) is 0 Å². The number of fused-ring (bicyclic) bond motifs is 5. The summed E-state index contributed by atoms with van der Waals surface area (Å²) in [6, 6.07) is 0. The van der Waals surface area contributed by atoms with Crippen LogP contribution in [0.15, 0.2) is 23.8 Å². The van der Waals surface area contributed by atoms with Crippen LogP contribution in [0, 0.1) is 34.5 Å². The molecule has 0 spiro atoms. The molecule has 1 N–H and O–H groups in total. The van der Waals surface area contributed by atoms with Crippen LogP contribution in [0.3, 0.4) is 0 Å². The predicted octanol–water partition coefficient (Wildman–Crippen LogP) is 4.59. The molecule has 0 amide bonds. The third kappa shape index (κ3) is 3.32. The molecule has 0 bridgehead atoms. The van der Waals surface area contributed by atoms with Crippen LogP contribution in [0.5, 0.6) is 0 Å². The Bertz CT molecular complexity index is 1060. The zero-order valence-electron chi connectivity index (χ0n) is 22.1. The minimum atomic E-state index is -2.26. The Morgan fingerprint density at radius 1 is 1.11 bits per heavy atom. The number of allylic oxidation sites excluding steroid dienone is 4. The summed E-state index contributed by atoms with van der Waals surface area (Å²) in [4.78, 5) is 39.0. The molecule has 9 atom stereocenters. The zero-order chi connectivity index (χ0) is 27.0. The molecule has 0 saturated heterocycles. The van der Waals surface area contributed by atoms with Gasteiger partial charge < -0.3 is 14.6 Å². The molecule has 204 valence electrons. The lowest BCUT2D eigenvalue weighted by Gasteiger charge is -2.63. The summed E-state index contributed by atoms with van der Waals surface area (Å²) >= 11 is 0. The van der Waals surface area contributed by atoms with Crippen molar-refractivity contribution >= 4 is 17.7 Å². The van der Waals surface area contributed by atoms with Crippen LogP contribution in [0.2, 0.25) is 0 Å². The van der Waals surface area contributed by atoms with Crippen molar-refractivity contribution in [3.05, 3.63) is 23.8 Å². The number of esters is 2. The number of rotatable bonds is 3. The minimum Gasteiger partial charge on any atom is -0.466 e. The number of carbonyl (C=O) groups excluding carboxylic acids is 3. The number of ketones is 1. The summed E-state index contributed by atoms with van der Waals surface area (Å²) in [7, 11) is 1.24. The molecule has 6 nitrogen and oxygen atoms in total. The van der Waals surface area contributed by atoms with Crippen molar-refractivity contribution in [2.75, 3.05) is 7.11 Å². The molecule has 0 aliphatic heterocycles. The molecule has 37 heavy (non-hydrogen) atoms. The van der Waals surface area contributed by atoms with Gasteiger partial charge in [0.1, 0.15) is 6.17 Å². The molecule has 4 fully saturated rings. The fourth-order valence-corrected chi connectivity index (χ4v) is 8.95. The second kappa shape index (κ2) is 8.72. The number of methoxy groups -OCH3 is 1. The van der Waals surface area contributed by atoms with Gasteiger partial charge in [0.2, 0.25) is 5.60 Å². The van der Waals surface area contributed by atoms with E-state index < -0.39 is 69.9 Å². The van der Waals surface area contributed by atoms with Crippen LogP contribution in [-0.4, -0.2) is 53.5 Å². The summed E-state index contributed by atoms with van der Waals surface area (Å²) < 4.78 is 44.5. The van der Waals surface area contributed by atoms with E-state index in [-0.39, 0.29) is 24.3 Å². The molecular weight excluding hydrogens is 482 g/mol. The van der Waals surface area contributed by atoms with Crippen LogP contribution >= 0.6 is 0 Å². The smallest absolute Gasteiger partial charge is 0.351 e. The first-order valence-electron chi connectivity index (χ1n) is 13.6. The molecule has 8 heteroatoms. The number of aliphatic hydroxyl groups is 1. The molecule has 5 aliphatic rings. The summed E-state index contributed by atoms with van der Waals surface area (Å²) in [5.41, 5.74) is -6.61. The van der Waals surface area contributed by atoms with Crippen molar-refractivity contribution in [3.63, 3.8) is 0 Å². The van der Waals surface area contributed by atoms with Gasteiger partial charge in [-0.1, -0.05) is 39.2 Å². The monoisotopic (exact) mass is 520 g/mol. The average molecular weight is 521 g/mol. The van der Waals surface area contributed by atoms with Gasteiger partial charge in [-0.3, -0.25) is 9.59 Å². The quantitative estimate of drug-likeness (QED) is 0.548. The first-order valence-corrected chi connectivity index (χ1v) is 13.6. The number of ether oxygens (including phenoxy) is 2. The van der Waals surface area contributed by atoms with Gasteiger partial charge in [0.05, 0.1) is 19.1 Å². The number of hydrogen-bond acceptors (Lipinski definition) is 6. The van der Waals surface area contributed by atoms with Gasteiger partial charge in [0.15, 0.2) is 11.5 Å². The van der Waals surface area contributed by atoms with Crippen molar-refractivity contribution in [3.8, 4) is 0 Å². The first-order chi connectivity index (χ1) is 17.4. The molecule has 0 unspecified atom stereocenters. The Kier molecular flexibility index (Phi) is 6.25. The van der Waals surface area contributed by atoms with Gasteiger partial charge in [0, 0.05) is 22.7 Å². The molecule has 4 saturated carbocycles. The maximum absolute atomic E-state index is 17.4. The second-order valence-corrected chi connectivity index (χ2v) is 12.5. The summed E-state index contributed by atoms with van der Waals surface area (Å²) in [5.74, 6) is -3.93. The van der Waals surface area contributed by atoms with E-state index >= 15 is 8.78 Å². The van der Waals surface area contributed by atoms with E-state index in [2.05, 4.69) is 0 Å². The molecule has 0 heterocycles. The van der Waals surface area contributed by atoms with E-state index in [1.54, 1.807) is 20.8 Å². The Balaban J connectivity index is 1.59. The van der Waals surface area contributed by atoms with Gasteiger partial charge in [-0.25, -0.2) is 13.6 Å². The van der Waals surface area contributed by atoms with Crippen LogP contribution in [0.4, 0.5) is 8.78 Å². The minimum absolute atomic E-state index is 0.0513. The fourth-order valence-electron chi connectivity index (χ4n) is 8.95. The largest absolute Gasteiger partial charge is 0.466 e. The van der Waals surface area contributed by atoms with E-state index in [9.17, 15) is 19.5 Å². The molecule has 0 aromatic heterocycles. The fraction of sp³-hybridized carbons (Fsp3) is 0.759. The number of aliphatic hydroxyl groups excluding tert-OH is 1. The second-order valence-electron chi connectivity index (χ2n) is 12.5. The third-order valence-corrected chi connectivity index (χ3v) is 10.9. The molecule has 0 radical (unpaired) electrons. The standard InChI is InChI=1S/C29H38F2O6/c1-16-12-19-20-14-22(30)21-13-18(32)10-11-26(21,2)28(20,31)23(33)15-27(19,3)29(16,25(35)36-4)37-24(34)17-8-6-5-7-9-17/h10-11,13,16-17,19-20,22-23,33H,5-9,12,14-15H2,1-4H3/t16-,19+,20+,22+,23+,26+,27+,28+,29+/m1/s1. The van der Waals surface area contributed by atoms with Crippen molar-refractivity contribution in [2.45, 2.75) is 95.7 Å². The van der Waals surface area contributed by atoms with Gasteiger partial charge in [-0.15, -0.1) is 0 Å². The van der Waals surface area contributed by atoms with E-state index in [1.807, 2.05) is 0 Å². The Morgan fingerprint density at radius 2 is 1.78 bits per heavy atom. The number of carbonyl (C=O) groups is 3. The highest BCUT2D eigenvalue weighted by Crippen LogP contribution is 2.71. The Labute approximate surface area is 216 Å². The number of halogens is 2. The lowest BCUT2D eigenvalue weighted by molar-refractivity contribution is -0.239. The van der Waals surface area contributed by atoms with Crippen LogP contribution in [0.1, 0.15) is 72.1 Å². The lowest BCUT2D eigenvalue weighted by atomic mass is 9.44. The highest BCUT2D eigenvalue weighted by molar-refractivity contribution is 6.01. The summed E-state index contributed by atoms with van der Waals surface area (Å²) in [5, 5.41) is 11.6. The third-order valence-electron chi connectivity index (χ3n) is 10.9. The molecule has 0 aromatic rings. The highest BCUT2D eigenvalue weighted by Gasteiger charge is 2.78. The number of hydrogen-bond donors (Lipinski definition) is 1. The van der Waals surface area contributed by atoms with Crippen LogP contribution < -0.4 is 0 Å². The SMILES string of the molecule is COC(=O)[C@@]1(OC(=O)C2CCCCC2)[C@H](C)C[C@H]2[C@@H]3C[C@H](F)C4=CC(=O)C=C[C@]4(C)[C@@]3(F)[C@@H](O)C[C@@]21C. The maximum atomic E-state index is 17.4. The van der Waals surface area contributed by atoms with E-state index in [1.165, 1.54) is 19.3 Å². The van der Waals surface area contributed by atoms with Crippen molar-refractivity contribution in [1.82, 2.24) is 0 Å². The van der Waals surface area contributed by atoms with E-state index in [0.717, 1.165) is 25.3 Å². The average Bonchev–Trinajstić information content (AvgIpc) is 3.09. The van der Waals surface area contributed by atoms with E-state index in [4.69, 9.17) is 9.47 Å². The molecule has 0 aromatic carbocycles. The van der Waals surface area contributed by atoms with Gasteiger partial charge >= 0.3 is 11.9 Å². The number of alkyl halides is 2. The molecular formula is C29H38F2O6. The topological polar surface area (TPSA) is 89.9 Å². The van der Waals surface area contributed by atoms with Crippen molar-refractivity contribution < 1.29 is 37.7 Å². The van der Waals surface area contributed by atoms with Gasteiger partial charge in [-0.05, 0) is 62.7 Å². The summed E-state index contributed by atoms with van der Waals surface area (Å²) in [6.45, 7) is 5.10. The zero-order valence-corrected chi connectivity index (χ0v) is 22.1. The predicted molar refractivity (Wildman–Crippen MR) is 131 cm³/mol. The Hall–Kier alpha value is -2.09. The summed E-state index contributed by atoms with van der Waals surface area (Å²) in [6.07, 6.45) is 4.80. The molecule has 5 aliphatic carbocycles. The molecule has 5 rings (SSSR count). The highest BCUT2D eigenvalue weighted by atomic mass is 19.1. The normalized spacial score (nSPS) is 47.4. The van der Waals surface area contributed by atoms with Crippen molar-refractivity contribution in [2.24, 2.45) is 34.5 Å². The Morgan fingerprint density at radius 3 is 2.43 bits per heavy atom. The van der Waals surface area contributed by atoms with Crippen LogP contribution in [0.25, 0.3) is 0 Å². The van der Waals surface area contributed by atoms with Crippen LogP contribution in [-0.2, 0) is 23.9 Å². The first kappa shape index (κ1) is 26.5.